The Morgan fingerprint density at radius 1 is 1.30 bits per heavy atom. The lowest BCUT2D eigenvalue weighted by Gasteiger charge is -2.43. The summed E-state index contributed by atoms with van der Waals surface area (Å²) in [4.78, 5) is 14.9. The van der Waals surface area contributed by atoms with Crippen molar-refractivity contribution >= 4 is 5.91 Å². The van der Waals surface area contributed by atoms with Crippen LogP contribution in [0.3, 0.4) is 0 Å². The summed E-state index contributed by atoms with van der Waals surface area (Å²) in [5.74, 6) is 0.364. The second-order valence-corrected chi connectivity index (χ2v) is 6.51. The van der Waals surface area contributed by atoms with Crippen molar-refractivity contribution in [2.24, 2.45) is 5.92 Å². The van der Waals surface area contributed by atoms with E-state index in [9.17, 15) is 9.90 Å². The highest BCUT2D eigenvalue weighted by Crippen LogP contribution is 2.36. The number of rotatable bonds is 4. The van der Waals surface area contributed by atoms with Crippen LogP contribution in [0, 0.1) is 5.92 Å². The van der Waals surface area contributed by atoms with Gasteiger partial charge < -0.3 is 14.7 Å². The lowest BCUT2D eigenvalue weighted by molar-refractivity contribution is -0.159. The Hall–Kier alpha value is -0.610. The molecule has 0 radical (unpaired) electrons. The van der Waals surface area contributed by atoms with Gasteiger partial charge in [-0.1, -0.05) is 13.3 Å². The highest BCUT2D eigenvalue weighted by Gasteiger charge is 2.43. The topological polar surface area (TPSA) is 49.8 Å². The summed E-state index contributed by atoms with van der Waals surface area (Å²) in [7, 11) is 1.62. The molecule has 2 aliphatic rings. The molecule has 1 heterocycles. The van der Waals surface area contributed by atoms with Crippen molar-refractivity contribution in [1.82, 2.24) is 4.90 Å². The number of hydrogen-bond acceptors (Lipinski definition) is 3. The smallest absolute Gasteiger partial charge is 0.254 e. The number of amides is 1. The number of likely N-dealkylation sites (tertiary alicyclic amines) is 1. The van der Waals surface area contributed by atoms with Gasteiger partial charge in [-0.3, -0.25) is 4.79 Å². The van der Waals surface area contributed by atoms with Gasteiger partial charge in [0.1, 0.15) is 5.60 Å². The number of aliphatic hydroxyl groups excluding tert-OH is 1. The molecule has 0 aromatic carbocycles. The van der Waals surface area contributed by atoms with Crippen molar-refractivity contribution in [1.29, 1.82) is 0 Å². The number of aliphatic hydroxyl groups is 1. The predicted molar refractivity (Wildman–Crippen MR) is 78.4 cm³/mol. The zero-order chi connectivity index (χ0) is 14.8. The van der Waals surface area contributed by atoms with E-state index in [-0.39, 0.29) is 24.0 Å². The van der Waals surface area contributed by atoms with Gasteiger partial charge in [0.05, 0.1) is 6.10 Å². The SMILES string of the molecule is CCC(C)(OC)C(=O)N1CCCCC1C1CCCC1O. The van der Waals surface area contributed by atoms with Crippen LogP contribution in [0.25, 0.3) is 0 Å². The van der Waals surface area contributed by atoms with Crippen LogP contribution in [0.15, 0.2) is 0 Å². The number of ether oxygens (including phenoxy) is 1. The van der Waals surface area contributed by atoms with Crippen LogP contribution in [-0.4, -0.2) is 47.3 Å². The molecular formula is C16H29NO3. The first kappa shape index (κ1) is 15.8. The molecule has 0 aromatic heterocycles. The molecule has 1 aliphatic heterocycles. The van der Waals surface area contributed by atoms with Crippen LogP contribution in [0.5, 0.6) is 0 Å². The van der Waals surface area contributed by atoms with Crippen LogP contribution >= 0.6 is 0 Å². The van der Waals surface area contributed by atoms with E-state index in [1.54, 1.807) is 7.11 Å². The van der Waals surface area contributed by atoms with E-state index in [0.717, 1.165) is 45.1 Å². The largest absolute Gasteiger partial charge is 0.393 e. The van der Waals surface area contributed by atoms with Crippen LogP contribution in [0.2, 0.25) is 0 Å². The minimum atomic E-state index is -0.723. The molecule has 1 saturated heterocycles. The lowest BCUT2D eigenvalue weighted by Crippen LogP contribution is -2.56. The van der Waals surface area contributed by atoms with Gasteiger partial charge in [0.15, 0.2) is 0 Å². The number of carbonyl (C=O) groups excluding carboxylic acids is 1. The van der Waals surface area contributed by atoms with E-state index in [1.165, 1.54) is 0 Å². The average molecular weight is 283 g/mol. The molecule has 1 saturated carbocycles. The number of carbonyl (C=O) groups is 1. The Kier molecular flexibility index (Phi) is 5.08. The summed E-state index contributed by atoms with van der Waals surface area (Å²) in [5.41, 5.74) is -0.723. The van der Waals surface area contributed by atoms with Crippen LogP contribution in [0.4, 0.5) is 0 Å². The molecule has 2 rings (SSSR count). The third-order valence-corrected chi connectivity index (χ3v) is 5.41. The first-order valence-electron chi connectivity index (χ1n) is 8.07. The maximum atomic E-state index is 12.9. The standard InChI is InChI=1S/C16H29NO3/c1-4-16(2,20-3)15(19)17-11-6-5-9-13(17)12-8-7-10-14(12)18/h12-14,18H,4-11H2,1-3H3. The number of piperidine rings is 1. The average Bonchev–Trinajstić information content (AvgIpc) is 2.91. The summed E-state index contributed by atoms with van der Waals surface area (Å²) >= 11 is 0. The molecule has 0 spiro atoms. The van der Waals surface area contributed by atoms with Crippen molar-refractivity contribution < 1.29 is 14.6 Å². The predicted octanol–water partition coefficient (Wildman–Crippen LogP) is 2.34. The van der Waals surface area contributed by atoms with Crippen molar-refractivity contribution in [2.45, 2.75) is 76.5 Å². The summed E-state index contributed by atoms with van der Waals surface area (Å²) in [6.07, 6.45) is 6.71. The summed E-state index contributed by atoms with van der Waals surface area (Å²) < 4.78 is 5.49. The number of hydrogen-bond donors (Lipinski definition) is 1. The Bertz CT molecular complexity index is 341. The van der Waals surface area contributed by atoms with Gasteiger partial charge in [0, 0.05) is 25.6 Å². The fourth-order valence-corrected chi connectivity index (χ4v) is 3.76. The van der Waals surface area contributed by atoms with Crippen molar-refractivity contribution in [3.8, 4) is 0 Å². The van der Waals surface area contributed by atoms with Gasteiger partial charge in [-0.15, -0.1) is 0 Å². The molecule has 0 aromatic rings. The number of methoxy groups -OCH3 is 1. The van der Waals surface area contributed by atoms with E-state index < -0.39 is 5.60 Å². The Labute approximate surface area is 122 Å². The van der Waals surface area contributed by atoms with E-state index in [4.69, 9.17) is 4.74 Å². The van der Waals surface area contributed by atoms with E-state index in [1.807, 2.05) is 18.7 Å². The molecule has 4 unspecified atom stereocenters. The zero-order valence-electron chi connectivity index (χ0n) is 13.1. The van der Waals surface area contributed by atoms with Gasteiger partial charge >= 0.3 is 0 Å². The normalized spacial score (nSPS) is 34.0. The second-order valence-electron chi connectivity index (χ2n) is 6.51. The van der Waals surface area contributed by atoms with Gasteiger partial charge in [-0.05, 0) is 45.4 Å². The quantitative estimate of drug-likeness (QED) is 0.861. The van der Waals surface area contributed by atoms with Gasteiger partial charge in [0.25, 0.3) is 5.91 Å². The monoisotopic (exact) mass is 283 g/mol. The van der Waals surface area contributed by atoms with Gasteiger partial charge in [0.2, 0.25) is 0 Å². The third kappa shape index (κ3) is 2.86. The fourth-order valence-electron chi connectivity index (χ4n) is 3.76. The zero-order valence-corrected chi connectivity index (χ0v) is 13.1. The van der Waals surface area contributed by atoms with Gasteiger partial charge in [-0.2, -0.15) is 0 Å². The summed E-state index contributed by atoms with van der Waals surface area (Å²) in [6.45, 7) is 4.68. The van der Waals surface area contributed by atoms with Gasteiger partial charge in [-0.25, -0.2) is 0 Å². The summed E-state index contributed by atoms with van der Waals surface area (Å²) in [6, 6.07) is 0.203. The van der Waals surface area contributed by atoms with Crippen molar-refractivity contribution in [3.63, 3.8) is 0 Å². The maximum absolute atomic E-state index is 12.9. The first-order chi connectivity index (χ1) is 9.53. The molecule has 2 fully saturated rings. The van der Waals surface area contributed by atoms with E-state index >= 15 is 0 Å². The molecule has 116 valence electrons. The Morgan fingerprint density at radius 2 is 2.05 bits per heavy atom. The molecule has 20 heavy (non-hydrogen) atoms. The second kappa shape index (κ2) is 6.44. The van der Waals surface area contributed by atoms with Crippen molar-refractivity contribution in [2.75, 3.05) is 13.7 Å². The number of nitrogens with zero attached hydrogens (tertiary/aromatic N) is 1. The highest BCUT2D eigenvalue weighted by atomic mass is 16.5. The minimum Gasteiger partial charge on any atom is -0.393 e. The fraction of sp³-hybridized carbons (Fsp3) is 0.938. The van der Waals surface area contributed by atoms with Crippen LogP contribution in [0.1, 0.15) is 58.8 Å². The Balaban J connectivity index is 2.16. The first-order valence-corrected chi connectivity index (χ1v) is 8.07. The molecule has 4 heteroatoms. The molecule has 0 bridgehead atoms. The van der Waals surface area contributed by atoms with Crippen LogP contribution < -0.4 is 0 Å². The van der Waals surface area contributed by atoms with Crippen LogP contribution in [-0.2, 0) is 9.53 Å². The molecule has 1 aliphatic carbocycles. The molecule has 1 N–H and O–H groups in total. The summed E-state index contributed by atoms with van der Waals surface area (Å²) in [5, 5.41) is 10.2. The maximum Gasteiger partial charge on any atom is 0.254 e. The highest BCUT2D eigenvalue weighted by molar-refractivity contribution is 5.85. The third-order valence-electron chi connectivity index (χ3n) is 5.41. The molecule has 1 amide bonds. The molecule has 4 nitrogen and oxygen atoms in total. The van der Waals surface area contributed by atoms with Crippen molar-refractivity contribution in [3.05, 3.63) is 0 Å². The lowest BCUT2D eigenvalue weighted by atomic mass is 9.86. The minimum absolute atomic E-state index is 0.103. The van der Waals surface area contributed by atoms with E-state index in [2.05, 4.69) is 0 Å². The molecular weight excluding hydrogens is 254 g/mol. The Morgan fingerprint density at radius 3 is 2.60 bits per heavy atom. The molecule has 4 atom stereocenters. The van der Waals surface area contributed by atoms with E-state index in [0.29, 0.717) is 6.42 Å².